The molecule has 2 fully saturated rings. The lowest BCUT2D eigenvalue weighted by atomic mass is 9.68. The molecule has 0 aromatic heterocycles. The highest BCUT2D eigenvalue weighted by Crippen LogP contribution is 2.45. The van der Waals surface area contributed by atoms with Crippen molar-refractivity contribution in [3.8, 4) is 0 Å². The highest BCUT2D eigenvalue weighted by Gasteiger charge is 2.32. The van der Waals surface area contributed by atoms with E-state index in [4.69, 9.17) is 0 Å². The van der Waals surface area contributed by atoms with Crippen LogP contribution in [0.1, 0.15) is 89.3 Å². The average molecular weight is 472 g/mol. The van der Waals surface area contributed by atoms with Crippen LogP contribution in [0.15, 0.2) is 22.7 Å². The van der Waals surface area contributed by atoms with Crippen LogP contribution in [0.3, 0.4) is 0 Å². The quantitative estimate of drug-likeness (QED) is 0.500. The van der Waals surface area contributed by atoms with E-state index in [9.17, 15) is 0 Å². The number of halogens is 2. The predicted molar refractivity (Wildman–Crippen MR) is 128 cm³/mol. The summed E-state index contributed by atoms with van der Waals surface area (Å²) in [5.74, 6) is 1.61. The summed E-state index contributed by atoms with van der Waals surface area (Å²) in [7, 11) is 0. The van der Waals surface area contributed by atoms with E-state index in [-0.39, 0.29) is 12.4 Å². The highest BCUT2D eigenvalue weighted by atomic mass is 79.9. The van der Waals surface area contributed by atoms with Gasteiger partial charge in [-0.1, -0.05) is 56.1 Å². The molecular weight excluding hydrogens is 432 g/mol. The predicted octanol–water partition coefficient (Wildman–Crippen LogP) is 6.94. The van der Waals surface area contributed by atoms with Crippen LogP contribution in [-0.4, -0.2) is 31.1 Å². The van der Waals surface area contributed by atoms with Gasteiger partial charge in [0, 0.05) is 36.7 Å². The first-order valence-electron chi connectivity index (χ1n) is 11.1. The molecule has 2 nitrogen and oxygen atoms in total. The maximum absolute atomic E-state index is 3.77. The van der Waals surface area contributed by atoms with E-state index in [1.165, 1.54) is 56.1 Å². The molecule has 4 heteroatoms. The molecule has 1 aromatic rings. The Hall–Kier alpha value is -0.0900. The number of nitrogens with zero attached hydrogens (tertiary/aromatic N) is 1. The van der Waals surface area contributed by atoms with Crippen molar-refractivity contribution in [3.63, 3.8) is 0 Å². The number of piperazine rings is 1. The summed E-state index contributed by atoms with van der Waals surface area (Å²) in [5, 5.41) is 3.52. The summed E-state index contributed by atoms with van der Waals surface area (Å²) < 4.78 is 1.25. The molecule has 1 heterocycles. The Morgan fingerprint density at radius 2 is 1.75 bits per heavy atom. The van der Waals surface area contributed by atoms with Gasteiger partial charge in [0.1, 0.15) is 0 Å². The number of nitrogens with one attached hydrogen (secondary N) is 1. The standard InChI is InChI=1S/C24H39BrN2.ClH/c1-5-6-23(27-15-13-26-14-16-27)21-12-11-20(25)17-22(21)18-7-9-19(10-8-18)24(2,3)4;/h11-12,17-19,23,26H,5-10,13-16H2,1-4H3;1H. The Morgan fingerprint density at radius 1 is 1.11 bits per heavy atom. The Kier molecular flexibility index (Phi) is 9.32. The van der Waals surface area contributed by atoms with Gasteiger partial charge in [-0.25, -0.2) is 0 Å². The molecule has 28 heavy (non-hydrogen) atoms. The van der Waals surface area contributed by atoms with Crippen LogP contribution in [0.4, 0.5) is 0 Å². The molecule has 160 valence electrons. The van der Waals surface area contributed by atoms with E-state index in [2.05, 4.69) is 72.0 Å². The molecule has 0 bridgehead atoms. The second-order valence-corrected chi connectivity index (χ2v) is 10.7. The van der Waals surface area contributed by atoms with Gasteiger partial charge in [0.15, 0.2) is 0 Å². The van der Waals surface area contributed by atoms with Crippen molar-refractivity contribution < 1.29 is 0 Å². The van der Waals surface area contributed by atoms with E-state index >= 15 is 0 Å². The van der Waals surface area contributed by atoms with Gasteiger partial charge in [-0.2, -0.15) is 0 Å². The summed E-state index contributed by atoms with van der Waals surface area (Å²) in [6.07, 6.45) is 7.99. The summed E-state index contributed by atoms with van der Waals surface area (Å²) in [5.41, 5.74) is 3.70. The lowest BCUT2D eigenvalue weighted by Crippen LogP contribution is -2.45. The van der Waals surface area contributed by atoms with Crippen molar-refractivity contribution in [1.29, 1.82) is 0 Å². The maximum Gasteiger partial charge on any atom is 0.0351 e. The van der Waals surface area contributed by atoms with E-state index in [1.54, 1.807) is 11.1 Å². The van der Waals surface area contributed by atoms with Crippen molar-refractivity contribution in [2.45, 2.75) is 78.2 Å². The van der Waals surface area contributed by atoms with Crippen molar-refractivity contribution in [2.75, 3.05) is 26.2 Å². The Labute approximate surface area is 187 Å². The molecule has 1 atom stereocenters. The third kappa shape index (κ3) is 5.97. The monoisotopic (exact) mass is 470 g/mol. The number of hydrogen-bond acceptors (Lipinski definition) is 2. The molecule has 2 aliphatic rings. The minimum atomic E-state index is 0. The van der Waals surface area contributed by atoms with Crippen LogP contribution in [0, 0.1) is 11.3 Å². The van der Waals surface area contributed by atoms with Crippen LogP contribution in [0.2, 0.25) is 0 Å². The normalized spacial score (nSPS) is 25.2. The Morgan fingerprint density at radius 3 is 2.32 bits per heavy atom. The van der Waals surface area contributed by atoms with Gasteiger partial charge in [0.05, 0.1) is 0 Å². The molecule has 1 N–H and O–H groups in total. The summed E-state index contributed by atoms with van der Waals surface area (Å²) >= 11 is 3.77. The van der Waals surface area contributed by atoms with Gasteiger partial charge >= 0.3 is 0 Å². The zero-order valence-corrected chi connectivity index (χ0v) is 20.7. The topological polar surface area (TPSA) is 15.3 Å². The highest BCUT2D eigenvalue weighted by molar-refractivity contribution is 9.10. The fourth-order valence-corrected chi connectivity index (χ4v) is 5.65. The number of benzene rings is 1. The van der Waals surface area contributed by atoms with Gasteiger partial charge in [-0.05, 0) is 72.6 Å². The number of rotatable bonds is 5. The molecule has 1 unspecified atom stereocenters. The first kappa shape index (κ1) is 24.2. The fraction of sp³-hybridized carbons (Fsp3) is 0.750. The van der Waals surface area contributed by atoms with Gasteiger partial charge in [0.25, 0.3) is 0 Å². The fourth-order valence-electron chi connectivity index (χ4n) is 5.28. The van der Waals surface area contributed by atoms with Crippen molar-refractivity contribution in [2.24, 2.45) is 11.3 Å². The Balaban J connectivity index is 0.00000280. The molecule has 1 aliphatic carbocycles. The molecule has 3 rings (SSSR count). The van der Waals surface area contributed by atoms with Crippen LogP contribution in [0.5, 0.6) is 0 Å². The molecule has 0 spiro atoms. The molecular formula is C24H40BrClN2. The number of hydrogen-bond donors (Lipinski definition) is 1. The van der Waals surface area contributed by atoms with Crippen LogP contribution >= 0.6 is 28.3 Å². The molecule has 1 aliphatic heterocycles. The van der Waals surface area contributed by atoms with Crippen molar-refractivity contribution >= 4 is 28.3 Å². The minimum absolute atomic E-state index is 0. The SMILES string of the molecule is CCCC(c1ccc(Br)cc1C1CCC(C(C)(C)C)CC1)N1CCNCC1.Cl. The first-order chi connectivity index (χ1) is 12.9. The third-order valence-electron chi connectivity index (χ3n) is 6.95. The van der Waals surface area contributed by atoms with Gasteiger partial charge in [-0.15, -0.1) is 12.4 Å². The first-order valence-corrected chi connectivity index (χ1v) is 11.9. The molecule has 0 radical (unpaired) electrons. The smallest absolute Gasteiger partial charge is 0.0351 e. The van der Waals surface area contributed by atoms with E-state index in [0.717, 1.165) is 24.9 Å². The van der Waals surface area contributed by atoms with Crippen LogP contribution < -0.4 is 5.32 Å². The van der Waals surface area contributed by atoms with Gasteiger partial charge in [-0.3, -0.25) is 4.90 Å². The molecule has 1 saturated carbocycles. The van der Waals surface area contributed by atoms with Crippen LogP contribution in [-0.2, 0) is 0 Å². The summed E-state index contributed by atoms with van der Waals surface area (Å²) in [6.45, 7) is 14.2. The lowest BCUT2D eigenvalue weighted by Gasteiger charge is -2.40. The minimum Gasteiger partial charge on any atom is -0.314 e. The van der Waals surface area contributed by atoms with E-state index in [1.807, 2.05) is 0 Å². The molecule has 0 amide bonds. The summed E-state index contributed by atoms with van der Waals surface area (Å²) in [6, 6.07) is 7.73. The van der Waals surface area contributed by atoms with E-state index in [0.29, 0.717) is 11.5 Å². The Bertz CT molecular complexity index is 599. The molecule has 1 saturated heterocycles. The zero-order chi connectivity index (χ0) is 19.4. The van der Waals surface area contributed by atoms with Gasteiger partial charge < -0.3 is 5.32 Å². The maximum atomic E-state index is 3.77. The third-order valence-corrected chi connectivity index (χ3v) is 7.45. The van der Waals surface area contributed by atoms with Gasteiger partial charge in [0.2, 0.25) is 0 Å². The lowest BCUT2D eigenvalue weighted by molar-refractivity contribution is 0.158. The van der Waals surface area contributed by atoms with Crippen LogP contribution in [0.25, 0.3) is 0 Å². The average Bonchev–Trinajstić information content (AvgIpc) is 2.66. The second-order valence-electron chi connectivity index (χ2n) is 9.78. The molecule has 1 aromatic carbocycles. The van der Waals surface area contributed by atoms with Crippen molar-refractivity contribution in [1.82, 2.24) is 10.2 Å². The zero-order valence-electron chi connectivity index (χ0n) is 18.3. The van der Waals surface area contributed by atoms with E-state index < -0.39 is 0 Å². The van der Waals surface area contributed by atoms with Crippen molar-refractivity contribution in [3.05, 3.63) is 33.8 Å². The second kappa shape index (κ2) is 10.8. The largest absolute Gasteiger partial charge is 0.314 e. The summed E-state index contributed by atoms with van der Waals surface area (Å²) in [4.78, 5) is 2.73.